The molecular formula is C14H12F3NO3. The predicted octanol–water partition coefficient (Wildman–Crippen LogP) is 2.70. The number of hydrogen-bond acceptors (Lipinski definition) is 3. The Balaban J connectivity index is 2.10. The first-order valence-electron chi connectivity index (χ1n) is 6.16. The Morgan fingerprint density at radius 1 is 1.33 bits per heavy atom. The summed E-state index contributed by atoms with van der Waals surface area (Å²) < 4.78 is 41.0. The minimum Gasteiger partial charge on any atom is -0.447 e. The number of carbonyl (C=O) groups excluding carboxylic acids is 2. The molecule has 0 unspecified atom stereocenters. The number of nitrogens with zero attached hydrogens (tertiary/aromatic N) is 1. The molecular weight excluding hydrogens is 287 g/mol. The molecule has 0 radical (unpaired) electrons. The Kier molecular flexibility index (Phi) is 4.30. The number of imide groups is 1. The van der Waals surface area contributed by atoms with E-state index in [0.29, 0.717) is 12.5 Å². The second-order valence-corrected chi connectivity index (χ2v) is 4.50. The monoisotopic (exact) mass is 299 g/mol. The molecule has 0 saturated carbocycles. The van der Waals surface area contributed by atoms with Crippen molar-refractivity contribution in [2.45, 2.75) is 18.6 Å². The van der Waals surface area contributed by atoms with E-state index in [2.05, 4.69) is 0 Å². The van der Waals surface area contributed by atoms with Crippen LogP contribution in [0.4, 0.5) is 18.0 Å². The van der Waals surface area contributed by atoms with E-state index in [4.69, 9.17) is 4.74 Å². The highest BCUT2D eigenvalue weighted by Gasteiger charge is 2.37. The Labute approximate surface area is 118 Å². The number of halogens is 3. The molecule has 112 valence electrons. The van der Waals surface area contributed by atoms with Crippen LogP contribution in [-0.4, -0.2) is 35.7 Å². The lowest BCUT2D eigenvalue weighted by molar-refractivity contribution is -0.124. The number of benzene rings is 1. The molecule has 4 nitrogen and oxygen atoms in total. The topological polar surface area (TPSA) is 46.6 Å². The van der Waals surface area contributed by atoms with E-state index in [1.807, 2.05) is 6.07 Å². The summed E-state index contributed by atoms with van der Waals surface area (Å²) in [5.41, 5.74) is 0.860. The zero-order chi connectivity index (χ0) is 15.5. The van der Waals surface area contributed by atoms with Crippen molar-refractivity contribution in [1.82, 2.24) is 4.90 Å². The van der Waals surface area contributed by atoms with E-state index in [0.717, 1.165) is 10.5 Å². The Morgan fingerprint density at radius 3 is 2.62 bits per heavy atom. The van der Waals surface area contributed by atoms with Crippen molar-refractivity contribution in [2.75, 3.05) is 6.61 Å². The SMILES string of the molecule is O=C(/C=C/C(F)(F)F)N1C(=O)OC[C@H]1Cc1ccccc1. The standard InChI is InChI=1S/C14H12F3NO3/c15-14(16,17)7-6-12(19)18-11(9-21-13(18)20)8-10-4-2-1-3-5-10/h1-7,11H,8-9H2/b7-6+/t11-/m1/s1. The lowest BCUT2D eigenvalue weighted by Gasteiger charge is -2.18. The van der Waals surface area contributed by atoms with Gasteiger partial charge in [0.05, 0.1) is 6.04 Å². The Hall–Kier alpha value is -2.31. The number of carbonyl (C=O) groups is 2. The van der Waals surface area contributed by atoms with Crippen LogP contribution in [0.2, 0.25) is 0 Å². The van der Waals surface area contributed by atoms with E-state index in [1.165, 1.54) is 0 Å². The lowest BCUT2D eigenvalue weighted by atomic mass is 10.1. The molecule has 1 aliphatic rings. The number of hydrogen-bond donors (Lipinski definition) is 0. The fourth-order valence-electron chi connectivity index (χ4n) is 2.01. The number of ether oxygens (including phenoxy) is 1. The summed E-state index contributed by atoms with van der Waals surface area (Å²) >= 11 is 0. The minimum atomic E-state index is -4.60. The Morgan fingerprint density at radius 2 is 2.00 bits per heavy atom. The molecule has 2 amide bonds. The van der Waals surface area contributed by atoms with Gasteiger partial charge in [-0.2, -0.15) is 13.2 Å². The molecule has 1 atom stereocenters. The average molecular weight is 299 g/mol. The van der Waals surface area contributed by atoms with Crippen LogP contribution in [0.3, 0.4) is 0 Å². The van der Waals surface area contributed by atoms with Gasteiger partial charge in [0.2, 0.25) is 0 Å². The summed E-state index contributed by atoms with van der Waals surface area (Å²) in [5.74, 6) is -1.03. The van der Waals surface area contributed by atoms with Gasteiger partial charge >= 0.3 is 12.3 Å². The van der Waals surface area contributed by atoms with Gasteiger partial charge in [-0.15, -0.1) is 0 Å². The molecule has 1 saturated heterocycles. The highest BCUT2D eigenvalue weighted by molar-refractivity contribution is 5.99. The van der Waals surface area contributed by atoms with E-state index < -0.39 is 24.2 Å². The molecule has 1 heterocycles. The molecule has 7 heteroatoms. The van der Waals surface area contributed by atoms with Gasteiger partial charge in [-0.05, 0) is 12.0 Å². The third-order valence-electron chi connectivity index (χ3n) is 2.93. The van der Waals surface area contributed by atoms with Gasteiger partial charge in [-0.1, -0.05) is 30.3 Å². The van der Waals surface area contributed by atoms with Gasteiger partial charge in [0.25, 0.3) is 5.91 Å². The molecule has 0 aliphatic carbocycles. The number of rotatable bonds is 3. The molecule has 0 N–H and O–H groups in total. The fourth-order valence-corrected chi connectivity index (χ4v) is 2.01. The summed E-state index contributed by atoms with van der Waals surface area (Å²) in [6, 6.07) is 8.40. The summed E-state index contributed by atoms with van der Waals surface area (Å²) in [7, 11) is 0. The summed E-state index contributed by atoms with van der Waals surface area (Å²) in [5, 5.41) is 0. The van der Waals surface area contributed by atoms with E-state index >= 15 is 0 Å². The van der Waals surface area contributed by atoms with Crippen LogP contribution in [0, 0.1) is 0 Å². The highest BCUT2D eigenvalue weighted by Crippen LogP contribution is 2.20. The number of cyclic esters (lactones) is 1. The number of allylic oxidation sites excluding steroid dienone is 1. The van der Waals surface area contributed by atoms with Crippen molar-refractivity contribution in [3.8, 4) is 0 Å². The van der Waals surface area contributed by atoms with Gasteiger partial charge in [-0.3, -0.25) is 4.79 Å². The highest BCUT2D eigenvalue weighted by atomic mass is 19.4. The molecule has 1 aliphatic heterocycles. The quantitative estimate of drug-likeness (QED) is 0.806. The maximum Gasteiger partial charge on any atom is 0.417 e. The van der Waals surface area contributed by atoms with Crippen molar-refractivity contribution in [3.05, 3.63) is 48.0 Å². The van der Waals surface area contributed by atoms with Crippen molar-refractivity contribution >= 4 is 12.0 Å². The summed E-state index contributed by atoms with van der Waals surface area (Å²) in [6.07, 6.45) is -5.05. The predicted molar refractivity (Wildman–Crippen MR) is 67.3 cm³/mol. The maximum atomic E-state index is 12.1. The molecule has 21 heavy (non-hydrogen) atoms. The van der Waals surface area contributed by atoms with Crippen LogP contribution < -0.4 is 0 Å². The lowest BCUT2D eigenvalue weighted by Crippen LogP contribution is -2.39. The van der Waals surface area contributed by atoms with Crippen molar-refractivity contribution in [1.29, 1.82) is 0 Å². The van der Waals surface area contributed by atoms with Crippen LogP contribution in [0.1, 0.15) is 5.56 Å². The van der Waals surface area contributed by atoms with Gasteiger partial charge in [-0.25, -0.2) is 9.69 Å². The number of amides is 2. The van der Waals surface area contributed by atoms with Gasteiger partial charge < -0.3 is 4.74 Å². The third-order valence-corrected chi connectivity index (χ3v) is 2.93. The first-order chi connectivity index (χ1) is 9.87. The third kappa shape index (κ3) is 4.08. The molecule has 1 aromatic rings. The van der Waals surface area contributed by atoms with Crippen LogP contribution >= 0.6 is 0 Å². The molecule has 0 aromatic heterocycles. The van der Waals surface area contributed by atoms with Crippen LogP contribution in [0.25, 0.3) is 0 Å². The second kappa shape index (κ2) is 5.99. The molecule has 0 bridgehead atoms. The smallest absolute Gasteiger partial charge is 0.417 e. The van der Waals surface area contributed by atoms with E-state index in [-0.39, 0.29) is 12.7 Å². The number of alkyl halides is 3. The summed E-state index contributed by atoms with van der Waals surface area (Å²) in [6.45, 7) is -0.0284. The van der Waals surface area contributed by atoms with Crippen LogP contribution in [0.5, 0.6) is 0 Å². The summed E-state index contributed by atoms with van der Waals surface area (Å²) in [4.78, 5) is 24.0. The zero-order valence-electron chi connectivity index (χ0n) is 10.8. The van der Waals surface area contributed by atoms with Gasteiger partial charge in [0.1, 0.15) is 6.61 Å². The van der Waals surface area contributed by atoms with E-state index in [9.17, 15) is 22.8 Å². The van der Waals surface area contributed by atoms with E-state index in [1.54, 1.807) is 24.3 Å². The fraction of sp³-hybridized carbons (Fsp3) is 0.286. The normalized spacial score (nSPS) is 19.1. The second-order valence-electron chi connectivity index (χ2n) is 4.50. The van der Waals surface area contributed by atoms with Crippen molar-refractivity contribution in [3.63, 3.8) is 0 Å². The maximum absolute atomic E-state index is 12.1. The van der Waals surface area contributed by atoms with Crippen molar-refractivity contribution in [2.24, 2.45) is 0 Å². The first-order valence-corrected chi connectivity index (χ1v) is 6.16. The van der Waals surface area contributed by atoms with Gasteiger partial charge in [0.15, 0.2) is 0 Å². The molecule has 0 spiro atoms. The van der Waals surface area contributed by atoms with Crippen LogP contribution in [0.15, 0.2) is 42.5 Å². The molecule has 1 aromatic carbocycles. The van der Waals surface area contributed by atoms with Gasteiger partial charge in [0, 0.05) is 12.2 Å². The zero-order valence-corrected chi connectivity index (χ0v) is 10.8. The minimum absolute atomic E-state index is 0.0284. The first kappa shape index (κ1) is 15.1. The van der Waals surface area contributed by atoms with Crippen LogP contribution in [-0.2, 0) is 16.0 Å². The largest absolute Gasteiger partial charge is 0.447 e. The molecule has 2 rings (SSSR count). The Bertz CT molecular complexity index is 554. The molecule has 1 fully saturated rings. The average Bonchev–Trinajstić information content (AvgIpc) is 2.77. The van der Waals surface area contributed by atoms with Crippen molar-refractivity contribution < 1.29 is 27.5 Å².